The molecule has 0 aliphatic rings. The van der Waals surface area contributed by atoms with Gasteiger partial charge in [0.05, 0.1) is 11.5 Å². The van der Waals surface area contributed by atoms with E-state index in [-0.39, 0.29) is 4.90 Å². The first-order chi connectivity index (χ1) is 15.4. The highest BCUT2D eigenvalue weighted by atomic mass is 35.5. The Morgan fingerprint density at radius 3 is 2.34 bits per heavy atom. The molecule has 170 valence electrons. The first-order valence-corrected chi connectivity index (χ1v) is 12.2. The summed E-state index contributed by atoms with van der Waals surface area (Å²) in [5, 5.41) is 9.19. The van der Waals surface area contributed by atoms with Crippen molar-refractivity contribution < 1.29 is 17.9 Å². The van der Waals surface area contributed by atoms with Crippen LogP contribution in [0.1, 0.15) is 23.6 Å². The number of primary sulfonamides is 1. The molecule has 0 fully saturated rings. The number of benzene rings is 3. The van der Waals surface area contributed by atoms with Gasteiger partial charge in [0.25, 0.3) is 0 Å². The van der Waals surface area contributed by atoms with Crippen molar-refractivity contribution in [3.05, 3.63) is 88.4 Å². The highest BCUT2D eigenvalue weighted by Crippen LogP contribution is 2.30. The summed E-state index contributed by atoms with van der Waals surface area (Å²) in [6.45, 7) is 4.24. The molecule has 3 aromatic carbocycles. The number of ether oxygens (including phenoxy) is 2. The monoisotopic (exact) mass is 474 g/mol. The normalized spacial score (nSPS) is 11.3. The largest absolute Gasteiger partial charge is 0.490 e. The van der Waals surface area contributed by atoms with Gasteiger partial charge in [-0.2, -0.15) is 0 Å². The fraction of sp³-hybridized carbons (Fsp3) is 0.250. The third-order valence-corrected chi connectivity index (χ3v) is 6.12. The van der Waals surface area contributed by atoms with E-state index in [9.17, 15) is 8.42 Å². The number of hydrogen-bond acceptors (Lipinski definition) is 5. The van der Waals surface area contributed by atoms with Crippen molar-refractivity contribution in [3.8, 4) is 11.5 Å². The van der Waals surface area contributed by atoms with Crippen molar-refractivity contribution in [3.63, 3.8) is 0 Å². The molecule has 0 saturated heterocycles. The smallest absolute Gasteiger partial charge is 0.238 e. The molecule has 0 saturated carbocycles. The summed E-state index contributed by atoms with van der Waals surface area (Å²) in [6.07, 6.45) is 0.766. The van der Waals surface area contributed by atoms with Crippen molar-refractivity contribution >= 4 is 21.6 Å². The molecule has 0 radical (unpaired) electrons. The molecule has 0 unspecified atom stereocenters. The van der Waals surface area contributed by atoms with Gasteiger partial charge in [0.2, 0.25) is 10.0 Å². The van der Waals surface area contributed by atoms with E-state index in [4.69, 9.17) is 26.2 Å². The zero-order valence-corrected chi connectivity index (χ0v) is 19.5. The van der Waals surface area contributed by atoms with Gasteiger partial charge >= 0.3 is 0 Å². The van der Waals surface area contributed by atoms with Crippen LogP contribution in [-0.4, -0.2) is 21.6 Å². The van der Waals surface area contributed by atoms with Crippen molar-refractivity contribution in [1.29, 1.82) is 0 Å². The van der Waals surface area contributed by atoms with E-state index in [1.54, 1.807) is 12.1 Å². The Balaban J connectivity index is 1.54. The molecule has 3 N–H and O–H groups in total. The molecule has 0 atom stereocenters. The summed E-state index contributed by atoms with van der Waals surface area (Å²) in [7, 11) is -3.66. The van der Waals surface area contributed by atoms with E-state index in [0.29, 0.717) is 36.3 Å². The highest BCUT2D eigenvalue weighted by molar-refractivity contribution is 7.89. The first-order valence-electron chi connectivity index (χ1n) is 10.3. The van der Waals surface area contributed by atoms with Crippen LogP contribution in [0.5, 0.6) is 11.5 Å². The molecule has 0 spiro atoms. The maximum atomic E-state index is 11.3. The second-order valence-corrected chi connectivity index (χ2v) is 9.18. The van der Waals surface area contributed by atoms with Crippen molar-refractivity contribution in [2.45, 2.75) is 31.4 Å². The van der Waals surface area contributed by atoms with Crippen LogP contribution in [-0.2, 0) is 29.6 Å². The topological polar surface area (TPSA) is 90.6 Å². The summed E-state index contributed by atoms with van der Waals surface area (Å²) in [5.74, 6) is 1.36. The Morgan fingerprint density at radius 1 is 0.938 bits per heavy atom. The zero-order valence-electron chi connectivity index (χ0n) is 17.9. The first kappa shape index (κ1) is 24.1. The molecule has 32 heavy (non-hydrogen) atoms. The lowest BCUT2D eigenvalue weighted by Gasteiger charge is -2.14. The summed E-state index contributed by atoms with van der Waals surface area (Å²) >= 11 is 6.21. The van der Waals surface area contributed by atoms with Gasteiger partial charge in [0.15, 0.2) is 11.5 Å². The summed E-state index contributed by atoms with van der Waals surface area (Å²) in [5.41, 5.74) is 3.02. The van der Waals surface area contributed by atoms with Crippen molar-refractivity contribution in [1.82, 2.24) is 5.32 Å². The molecule has 0 bridgehead atoms. The third-order valence-electron chi connectivity index (χ3n) is 4.82. The molecule has 0 aliphatic carbocycles. The predicted molar refractivity (Wildman–Crippen MR) is 127 cm³/mol. The summed E-state index contributed by atoms with van der Waals surface area (Å²) in [6, 6.07) is 20.1. The minimum atomic E-state index is -3.66. The minimum Gasteiger partial charge on any atom is -0.490 e. The Kier molecular flexibility index (Phi) is 8.53. The van der Waals surface area contributed by atoms with E-state index in [1.165, 1.54) is 12.1 Å². The summed E-state index contributed by atoms with van der Waals surface area (Å²) in [4.78, 5) is 0.120. The van der Waals surface area contributed by atoms with Gasteiger partial charge < -0.3 is 14.8 Å². The molecule has 0 aromatic heterocycles. The highest BCUT2D eigenvalue weighted by Gasteiger charge is 2.09. The van der Waals surface area contributed by atoms with Crippen LogP contribution in [0.25, 0.3) is 0 Å². The van der Waals surface area contributed by atoms with Crippen molar-refractivity contribution in [2.75, 3.05) is 13.2 Å². The lowest BCUT2D eigenvalue weighted by atomic mass is 10.1. The van der Waals surface area contributed by atoms with E-state index in [0.717, 1.165) is 29.7 Å². The number of nitrogens with two attached hydrogens (primary N) is 1. The second kappa shape index (κ2) is 11.3. The molecule has 6 nitrogen and oxygen atoms in total. The van der Waals surface area contributed by atoms with Crippen LogP contribution in [0.3, 0.4) is 0 Å². The van der Waals surface area contributed by atoms with Crippen molar-refractivity contribution in [2.24, 2.45) is 5.14 Å². The quantitative estimate of drug-likeness (QED) is 0.404. The Hall–Kier alpha value is -2.58. The number of nitrogens with one attached hydrogen (secondary N) is 1. The van der Waals surface area contributed by atoms with E-state index in [2.05, 4.69) is 5.32 Å². The molecule has 0 heterocycles. The average molecular weight is 475 g/mol. The maximum Gasteiger partial charge on any atom is 0.238 e. The van der Waals surface area contributed by atoms with Gasteiger partial charge in [0, 0.05) is 17.1 Å². The second-order valence-electron chi connectivity index (χ2n) is 7.21. The number of halogens is 1. The Labute approximate surface area is 194 Å². The number of sulfonamides is 1. The third kappa shape index (κ3) is 6.97. The average Bonchev–Trinajstić information content (AvgIpc) is 2.77. The Bertz CT molecular complexity index is 1130. The standard InChI is InChI=1S/C24H27ClN2O4S/c1-2-30-24-15-19(9-12-23(24)31-17-20-5-3-4-6-22(20)25)16-27-14-13-18-7-10-21(11-8-18)32(26,28)29/h3-12,15,27H,2,13-14,16-17H2,1H3,(H2,26,28,29). The lowest BCUT2D eigenvalue weighted by Crippen LogP contribution is -2.17. The van der Waals surface area contributed by atoms with Gasteiger partial charge in [-0.3, -0.25) is 0 Å². The molecular formula is C24H27ClN2O4S. The maximum absolute atomic E-state index is 11.3. The van der Waals surface area contributed by atoms with Gasteiger partial charge in [-0.15, -0.1) is 0 Å². The van der Waals surface area contributed by atoms with Crippen LogP contribution in [0, 0.1) is 0 Å². The summed E-state index contributed by atoms with van der Waals surface area (Å²) < 4.78 is 34.4. The fourth-order valence-corrected chi connectivity index (χ4v) is 3.84. The predicted octanol–water partition coefficient (Wildman–Crippen LogP) is 4.30. The van der Waals surface area contributed by atoms with Gasteiger partial charge in [-0.25, -0.2) is 13.6 Å². The van der Waals surface area contributed by atoms with Gasteiger partial charge in [-0.05, 0) is 61.3 Å². The fourth-order valence-electron chi connectivity index (χ4n) is 3.13. The number of rotatable bonds is 11. The van der Waals surface area contributed by atoms with Crippen LogP contribution in [0.4, 0.5) is 0 Å². The molecule has 3 aromatic rings. The van der Waals surface area contributed by atoms with Crippen LogP contribution in [0.15, 0.2) is 71.6 Å². The van der Waals surface area contributed by atoms with Crippen LogP contribution < -0.4 is 19.9 Å². The zero-order chi connectivity index (χ0) is 23.0. The van der Waals surface area contributed by atoms with Crippen LogP contribution in [0.2, 0.25) is 5.02 Å². The van der Waals surface area contributed by atoms with Gasteiger partial charge in [-0.1, -0.05) is 48.0 Å². The molecular weight excluding hydrogens is 448 g/mol. The van der Waals surface area contributed by atoms with E-state index >= 15 is 0 Å². The molecule has 3 rings (SSSR count). The van der Waals surface area contributed by atoms with E-state index in [1.807, 2.05) is 49.4 Å². The minimum absolute atomic E-state index is 0.120. The SMILES string of the molecule is CCOc1cc(CNCCc2ccc(S(N)(=O)=O)cc2)ccc1OCc1ccccc1Cl. The molecule has 8 heteroatoms. The molecule has 0 amide bonds. The number of hydrogen-bond donors (Lipinski definition) is 2. The van der Waals surface area contributed by atoms with E-state index < -0.39 is 10.0 Å². The van der Waals surface area contributed by atoms with Gasteiger partial charge in [0.1, 0.15) is 6.61 Å². The van der Waals surface area contributed by atoms with Crippen LogP contribution >= 0.6 is 11.6 Å². The molecule has 0 aliphatic heterocycles. The Morgan fingerprint density at radius 2 is 1.66 bits per heavy atom. The lowest BCUT2D eigenvalue weighted by molar-refractivity contribution is 0.269.